The van der Waals surface area contributed by atoms with Gasteiger partial charge in [0.25, 0.3) is 5.91 Å². The molecule has 1 fully saturated rings. The number of thiocarbonyl (C=S) groups is 1. The number of amides is 1. The van der Waals surface area contributed by atoms with Crippen molar-refractivity contribution < 1.29 is 19.1 Å². The minimum Gasteiger partial charge on any atom is -0.489 e. The molecule has 1 unspecified atom stereocenters. The molecule has 0 aliphatic carbocycles. The molecule has 1 amide bonds. The normalized spacial score (nSPS) is 15.3. The lowest BCUT2D eigenvalue weighted by Crippen LogP contribution is -2.38. The average Bonchev–Trinajstić information content (AvgIpc) is 3.16. The Labute approximate surface area is 225 Å². The standard InChI is InChI=1S/C28H24ClNO4S2/c1-2-16-33-27(32)25(20-8-4-3-5-9-20)30-26(31)24(36-28(30)35)17-19-12-14-22(15-13-19)34-18-21-10-6-7-11-23(21)29/h3-15,17,25H,2,16,18H2,1H3/b24-17-. The fraction of sp³-hybridized carbons (Fsp3) is 0.179. The van der Waals surface area contributed by atoms with Crippen LogP contribution >= 0.6 is 35.6 Å². The highest BCUT2D eigenvalue weighted by Crippen LogP contribution is 2.39. The minimum atomic E-state index is -0.934. The number of thioether (sulfide) groups is 1. The molecule has 1 aliphatic heterocycles. The summed E-state index contributed by atoms with van der Waals surface area (Å²) in [5.74, 6) is -0.144. The van der Waals surface area contributed by atoms with E-state index >= 15 is 0 Å². The summed E-state index contributed by atoms with van der Waals surface area (Å²) in [5.41, 5.74) is 2.36. The zero-order chi connectivity index (χ0) is 25.5. The first-order chi connectivity index (χ1) is 17.5. The molecule has 3 aromatic carbocycles. The molecule has 1 saturated heterocycles. The Morgan fingerprint density at radius 2 is 1.75 bits per heavy atom. The van der Waals surface area contributed by atoms with Crippen LogP contribution in [0.4, 0.5) is 0 Å². The predicted octanol–water partition coefficient (Wildman–Crippen LogP) is 6.81. The Morgan fingerprint density at radius 1 is 1.06 bits per heavy atom. The van der Waals surface area contributed by atoms with Crippen LogP contribution in [0.5, 0.6) is 5.75 Å². The van der Waals surface area contributed by atoms with Gasteiger partial charge in [-0.2, -0.15) is 0 Å². The summed E-state index contributed by atoms with van der Waals surface area (Å²) in [6.07, 6.45) is 2.44. The van der Waals surface area contributed by atoms with Gasteiger partial charge in [-0.3, -0.25) is 9.69 Å². The first-order valence-corrected chi connectivity index (χ1v) is 13.0. The number of hydrogen-bond donors (Lipinski definition) is 0. The van der Waals surface area contributed by atoms with Crippen LogP contribution in [0.2, 0.25) is 5.02 Å². The van der Waals surface area contributed by atoms with Crippen LogP contribution in [-0.2, 0) is 20.9 Å². The third-order valence-electron chi connectivity index (χ3n) is 5.40. The van der Waals surface area contributed by atoms with Gasteiger partial charge < -0.3 is 9.47 Å². The van der Waals surface area contributed by atoms with Gasteiger partial charge in [0.1, 0.15) is 16.7 Å². The van der Waals surface area contributed by atoms with E-state index in [9.17, 15) is 9.59 Å². The second-order valence-corrected chi connectivity index (χ2v) is 10.1. The van der Waals surface area contributed by atoms with Gasteiger partial charge in [-0.15, -0.1) is 0 Å². The van der Waals surface area contributed by atoms with Crippen molar-refractivity contribution in [2.24, 2.45) is 0 Å². The van der Waals surface area contributed by atoms with Gasteiger partial charge in [0.2, 0.25) is 0 Å². The van der Waals surface area contributed by atoms with E-state index in [1.165, 1.54) is 16.7 Å². The van der Waals surface area contributed by atoms with Crippen molar-refractivity contribution in [3.05, 3.63) is 105 Å². The highest BCUT2D eigenvalue weighted by atomic mass is 35.5. The van der Waals surface area contributed by atoms with Crippen LogP contribution in [0.1, 0.15) is 36.1 Å². The number of hydrogen-bond acceptors (Lipinski definition) is 6. The third kappa shape index (κ3) is 6.16. The average molecular weight is 538 g/mol. The molecule has 36 heavy (non-hydrogen) atoms. The highest BCUT2D eigenvalue weighted by molar-refractivity contribution is 8.26. The quantitative estimate of drug-likeness (QED) is 0.170. The van der Waals surface area contributed by atoms with Crippen molar-refractivity contribution in [3.63, 3.8) is 0 Å². The molecule has 0 saturated carbocycles. The molecule has 0 N–H and O–H groups in total. The van der Waals surface area contributed by atoms with Crippen molar-refractivity contribution in [3.8, 4) is 5.75 Å². The summed E-state index contributed by atoms with van der Waals surface area (Å²) in [7, 11) is 0. The summed E-state index contributed by atoms with van der Waals surface area (Å²) in [5, 5.41) is 0.656. The second kappa shape index (κ2) is 12.2. The number of carbonyl (C=O) groups excluding carboxylic acids is 2. The SMILES string of the molecule is CCCOC(=O)C(c1ccccc1)N1C(=O)/C(=C/c2ccc(OCc3ccccc3Cl)cc2)SC1=S. The molecule has 8 heteroatoms. The Kier molecular flexibility index (Phi) is 8.80. The number of ether oxygens (including phenoxy) is 2. The second-order valence-electron chi connectivity index (χ2n) is 7.98. The topological polar surface area (TPSA) is 55.8 Å². The summed E-state index contributed by atoms with van der Waals surface area (Å²) < 4.78 is 11.6. The molecular weight excluding hydrogens is 514 g/mol. The number of benzene rings is 3. The van der Waals surface area contributed by atoms with E-state index in [1.54, 1.807) is 18.2 Å². The third-order valence-corrected chi connectivity index (χ3v) is 7.10. The lowest BCUT2D eigenvalue weighted by molar-refractivity contribution is -0.151. The van der Waals surface area contributed by atoms with Crippen molar-refractivity contribution >= 4 is 57.9 Å². The fourth-order valence-corrected chi connectivity index (χ4v) is 5.10. The van der Waals surface area contributed by atoms with Gasteiger partial charge in [0.05, 0.1) is 11.5 Å². The zero-order valence-electron chi connectivity index (χ0n) is 19.6. The smallest absolute Gasteiger partial charge is 0.333 e. The first-order valence-electron chi connectivity index (χ1n) is 11.4. The highest BCUT2D eigenvalue weighted by Gasteiger charge is 2.42. The predicted molar refractivity (Wildman–Crippen MR) is 148 cm³/mol. The first kappa shape index (κ1) is 25.9. The molecule has 0 bridgehead atoms. The van der Waals surface area contributed by atoms with E-state index in [-0.39, 0.29) is 12.5 Å². The minimum absolute atomic E-state index is 0.275. The summed E-state index contributed by atoms with van der Waals surface area (Å²) in [6.45, 7) is 2.55. The van der Waals surface area contributed by atoms with Crippen LogP contribution in [0.25, 0.3) is 6.08 Å². The van der Waals surface area contributed by atoms with E-state index in [0.717, 1.165) is 11.1 Å². The van der Waals surface area contributed by atoms with E-state index in [4.69, 9.17) is 33.3 Å². The largest absolute Gasteiger partial charge is 0.489 e. The maximum atomic E-state index is 13.4. The zero-order valence-corrected chi connectivity index (χ0v) is 21.9. The molecule has 0 aromatic heterocycles. The van der Waals surface area contributed by atoms with Gasteiger partial charge >= 0.3 is 5.97 Å². The number of rotatable bonds is 9. The van der Waals surface area contributed by atoms with Gasteiger partial charge in [0.15, 0.2) is 6.04 Å². The van der Waals surface area contributed by atoms with Crippen molar-refractivity contribution in [2.45, 2.75) is 26.0 Å². The molecule has 1 aliphatic rings. The lowest BCUT2D eigenvalue weighted by atomic mass is 10.1. The van der Waals surface area contributed by atoms with Crippen LogP contribution in [0, 0.1) is 0 Å². The van der Waals surface area contributed by atoms with Gasteiger partial charge in [-0.1, -0.05) is 103 Å². The number of nitrogens with zero attached hydrogens (tertiary/aromatic N) is 1. The maximum absolute atomic E-state index is 13.4. The van der Waals surface area contributed by atoms with Crippen molar-refractivity contribution in [1.82, 2.24) is 4.90 Å². The number of esters is 1. The molecule has 0 spiro atoms. The van der Waals surface area contributed by atoms with Crippen LogP contribution in [0.3, 0.4) is 0 Å². The molecule has 0 radical (unpaired) electrons. The Hall–Kier alpha value is -3.13. The Morgan fingerprint density at radius 3 is 2.44 bits per heavy atom. The van der Waals surface area contributed by atoms with Crippen LogP contribution in [0.15, 0.2) is 83.8 Å². The van der Waals surface area contributed by atoms with E-state index in [0.29, 0.717) is 38.6 Å². The Balaban J connectivity index is 1.50. The summed E-state index contributed by atoms with van der Waals surface area (Å²) in [4.78, 5) is 28.1. The summed E-state index contributed by atoms with van der Waals surface area (Å²) >= 11 is 12.9. The number of halogens is 1. The van der Waals surface area contributed by atoms with Gasteiger partial charge in [0, 0.05) is 10.6 Å². The van der Waals surface area contributed by atoms with Crippen LogP contribution < -0.4 is 4.74 Å². The fourth-order valence-electron chi connectivity index (χ4n) is 3.60. The molecule has 1 heterocycles. The van der Waals surface area contributed by atoms with E-state index in [2.05, 4.69) is 0 Å². The molecular formula is C28H24ClNO4S2. The van der Waals surface area contributed by atoms with Crippen LogP contribution in [-0.4, -0.2) is 27.7 Å². The summed E-state index contributed by atoms with van der Waals surface area (Å²) in [6, 6.07) is 23.1. The molecule has 4 rings (SSSR count). The van der Waals surface area contributed by atoms with E-state index < -0.39 is 12.0 Å². The number of carbonyl (C=O) groups is 2. The monoisotopic (exact) mass is 537 g/mol. The van der Waals surface area contributed by atoms with Gasteiger partial charge in [-0.25, -0.2) is 4.79 Å². The molecule has 184 valence electrons. The molecule has 1 atom stereocenters. The lowest BCUT2D eigenvalue weighted by Gasteiger charge is -2.25. The maximum Gasteiger partial charge on any atom is 0.333 e. The van der Waals surface area contributed by atoms with Crippen molar-refractivity contribution in [2.75, 3.05) is 6.61 Å². The Bertz CT molecular complexity index is 1280. The van der Waals surface area contributed by atoms with Crippen molar-refractivity contribution in [1.29, 1.82) is 0 Å². The van der Waals surface area contributed by atoms with Gasteiger partial charge in [-0.05, 0) is 41.8 Å². The van der Waals surface area contributed by atoms with E-state index in [1.807, 2.05) is 73.7 Å². The molecule has 5 nitrogen and oxygen atoms in total. The molecule has 3 aromatic rings.